The van der Waals surface area contributed by atoms with Crippen molar-refractivity contribution in [1.29, 1.82) is 0 Å². The first-order valence-electron chi connectivity index (χ1n) is 6.19. The standard InChI is InChI=1S/C16H18FNO/c1-10-4-5-12(8-11(10)2)16(18)14-9-13(17)6-7-15(14)19-3/h4-9,16H,18H2,1-3H3. The van der Waals surface area contributed by atoms with Crippen LogP contribution in [0.5, 0.6) is 5.75 Å². The largest absolute Gasteiger partial charge is 0.496 e. The van der Waals surface area contributed by atoms with Gasteiger partial charge in [0, 0.05) is 5.56 Å². The normalized spacial score (nSPS) is 12.3. The van der Waals surface area contributed by atoms with Crippen LogP contribution in [0.2, 0.25) is 0 Å². The van der Waals surface area contributed by atoms with Gasteiger partial charge in [0.1, 0.15) is 11.6 Å². The molecule has 2 aromatic carbocycles. The van der Waals surface area contributed by atoms with Gasteiger partial charge in [-0.15, -0.1) is 0 Å². The van der Waals surface area contributed by atoms with Crippen LogP contribution in [0.1, 0.15) is 28.3 Å². The Morgan fingerprint density at radius 1 is 1.05 bits per heavy atom. The zero-order valence-corrected chi connectivity index (χ0v) is 11.4. The van der Waals surface area contributed by atoms with Crippen molar-refractivity contribution in [2.45, 2.75) is 19.9 Å². The van der Waals surface area contributed by atoms with Crippen molar-refractivity contribution in [1.82, 2.24) is 0 Å². The van der Waals surface area contributed by atoms with Crippen molar-refractivity contribution in [3.63, 3.8) is 0 Å². The van der Waals surface area contributed by atoms with E-state index in [2.05, 4.69) is 0 Å². The maximum absolute atomic E-state index is 13.4. The molecule has 2 N–H and O–H groups in total. The van der Waals surface area contributed by atoms with Gasteiger partial charge < -0.3 is 10.5 Å². The fourth-order valence-corrected chi connectivity index (χ4v) is 2.09. The Balaban J connectivity index is 2.45. The van der Waals surface area contributed by atoms with Crippen molar-refractivity contribution in [3.05, 3.63) is 64.5 Å². The van der Waals surface area contributed by atoms with Crippen LogP contribution in [0, 0.1) is 19.7 Å². The Morgan fingerprint density at radius 2 is 1.79 bits per heavy atom. The molecule has 2 aromatic rings. The first-order valence-corrected chi connectivity index (χ1v) is 6.19. The van der Waals surface area contributed by atoms with E-state index < -0.39 is 6.04 Å². The molecular weight excluding hydrogens is 241 g/mol. The number of rotatable bonds is 3. The monoisotopic (exact) mass is 259 g/mol. The molecule has 0 bridgehead atoms. The maximum atomic E-state index is 13.4. The van der Waals surface area contributed by atoms with E-state index in [1.54, 1.807) is 13.2 Å². The first-order chi connectivity index (χ1) is 9.02. The number of hydrogen-bond acceptors (Lipinski definition) is 2. The summed E-state index contributed by atoms with van der Waals surface area (Å²) in [4.78, 5) is 0. The molecule has 1 atom stereocenters. The van der Waals surface area contributed by atoms with Crippen LogP contribution in [-0.4, -0.2) is 7.11 Å². The first kappa shape index (κ1) is 13.6. The Bertz CT molecular complexity index is 595. The second kappa shape index (κ2) is 5.41. The minimum atomic E-state index is -0.398. The fraction of sp³-hybridized carbons (Fsp3) is 0.250. The summed E-state index contributed by atoms with van der Waals surface area (Å²) in [5.41, 5.74) is 10.2. The second-order valence-corrected chi connectivity index (χ2v) is 4.71. The highest BCUT2D eigenvalue weighted by molar-refractivity contribution is 5.43. The molecule has 0 aliphatic carbocycles. The van der Waals surface area contributed by atoms with Crippen molar-refractivity contribution < 1.29 is 9.13 Å². The number of ether oxygens (including phenoxy) is 1. The smallest absolute Gasteiger partial charge is 0.124 e. The van der Waals surface area contributed by atoms with E-state index in [9.17, 15) is 4.39 Å². The average molecular weight is 259 g/mol. The molecule has 0 saturated heterocycles. The molecule has 0 fully saturated rings. The average Bonchev–Trinajstić information content (AvgIpc) is 2.41. The van der Waals surface area contributed by atoms with Gasteiger partial charge in [0.2, 0.25) is 0 Å². The highest BCUT2D eigenvalue weighted by atomic mass is 19.1. The Kier molecular flexibility index (Phi) is 3.86. The van der Waals surface area contributed by atoms with Crippen LogP contribution < -0.4 is 10.5 Å². The molecule has 0 radical (unpaired) electrons. The van der Waals surface area contributed by atoms with E-state index in [0.29, 0.717) is 11.3 Å². The SMILES string of the molecule is COc1ccc(F)cc1C(N)c1ccc(C)c(C)c1. The number of nitrogens with two attached hydrogens (primary N) is 1. The maximum Gasteiger partial charge on any atom is 0.124 e. The van der Waals surface area contributed by atoms with E-state index >= 15 is 0 Å². The molecule has 2 rings (SSSR count). The lowest BCUT2D eigenvalue weighted by atomic mass is 9.95. The van der Waals surface area contributed by atoms with E-state index in [1.807, 2.05) is 32.0 Å². The molecule has 0 aromatic heterocycles. The third-order valence-corrected chi connectivity index (χ3v) is 3.42. The summed E-state index contributed by atoms with van der Waals surface area (Å²) >= 11 is 0. The van der Waals surface area contributed by atoms with Crippen LogP contribution in [-0.2, 0) is 0 Å². The Morgan fingerprint density at radius 3 is 2.42 bits per heavy atom. The van der Waals surface area contributed by atoms with Crippen LogP contribution in [0.4, 0.5) is 4.39 Å². The molecule has 0 saturated carbocycles. The van der Waals surface area contributed by atoms with Gasteiger partial charge in [-0.3, -0.25) is 0 Å². The Hall–Kier alpha value is -1.87. The minimum absolute atomic E-state index is 0.310. The van der Waals surface area contributed by atoms with Crippen LogP contribution in [0.15, 0.2) is 36.4 Å². The fourth-order valence-electron chi connectivity index (χ4n) is 2.09. The lowest BCUT2D eigenvalue weighted by Gasteiger charge is -2.17. The number of hydrogen-bond donors (Lipinski definition) is 1. The van der Waals surface area contributed by atoms with E-state index in [1.165, 1.54) is 23.3 Å². The zero-order valence-electron chi connectivity index (χ0n) is 11.4. The summed E-state index contributed by atoms with van der Waals surface area (Å²) in [7, 11) is 1.56. The van der Waals surface area contributed by atoms with Crippen molar-refractivity contribution in [2.75, 3.05) is 7.11 Å². The molecular formula is C16H18FNO. The molecule has 0 heterocycles. The van der Waals surface area contributed by atoms with Gasteiger partial charge in [-0.1, -0.05) is 18.2 Å². The molecule has 100 valence electrons. The molecule has 2 nitrogen and oxygen atoms in total. The van der Waals surface area contributed by atoms with E-state index in [0.717, 1.165) is 5.56 Å². The topological polar surface area (TPSA) is 35.2 Å². The minimum Gasteiger partial charge on any atom is -0.496 e. The zero-order chi connectivity index (χ0) is 14.0. The summed E-state index contributed by atoms with van der Waals surface area (Å²) < 4.78 is 18.6. The van der Waals surface area contributed by atoms with Gasteiger partial charge in [-0.25, -0.2) is 4.39 Å². The van der Waals surface area contributed by atoms with Crippen molar-refractivity contribution in [3.8, 4) is 5.75 Å². The van der Waals surface area contributed by atoms with E-state index in [-0.39, 0.29) is 5.82 Å². The quantitative estimate of drug-likeness (QED) is 0.915. The van der Waals surface area contributed by atoms with Crippen molar-refractivity contribution >= 4 is 0 Å². The third kappa shape index (κ3) is 2.76. The van der Waals surface area contributed by atoms with Gasteiger partial charge in [-0.2, -0.15) is 0 Å². The molecule has 19 heavy (non-hydrogen) atoms. The summed E-state index contributed by atoms with van der Waals surface area (Å²) in [6, 6.07) is 10.0. The molecule has 0 spiro atoms. The molecule has 1 unspecified atom stereocenters. The lowest BCUT2D eigenvalue weighted by molar-refractivity contribution is 0.406. The summed E-state index contributed by atoms with van der Waals surface area (Å²) in [5.74, 6) is 0.294. The predicted molar refractivity (Wildman–Crippen MR) is 74.9 cm³/mol. The van der Waals surface area contributed by atoms with Gasteiger partial charge in [-0.05, 0) is 48.7 Å². The molecule has 0 aliphatic heterocycles. The highest BCUT2D eigenvalue weighted by Gasteiger charge is 2.15. The predicted octanol–water partition coefficient (Wildman–Crippen LogP) is 3.50. The summed E-state index contributed by atoms with van der Waals surface area (Å²) in [5, 5.41) is 0. The van der Waals surface area contributed by atoms with Gasteiger partial charge in [0.25, 0.3) is 0 Å². The summed E-state index contributed by atoms with van der Waals surface area (Å²) in [6.45, 7) is 4.09. The molecule has 0 amide bonds. The van der Waals surface area contributed by atoms with Gasteiger partial charge in [0.15, 0.2) is 0 Å². The van der Waals surface area contributed by atoms with Gasteiger partial charge >= 0.3 is 0 Å². The van der Waals surface area contributed by atoms with Crippen molar-refractivity contribution in [2.24, 2.45) is 5.73 Å². The van der Waals surface area contributed by atoms with Crippen LogP contribution >= 0.6 is 0 Å². The molecule has 0 aliphatic rings. The number of benzene rings is 2. The summed E-state index contributed by atoms with van der Waals surface area (Å²) in [6.07, 6.45) is 0. The van der Waals surface area contributed by atoms with Gasteiger partial charge in [0.05, 0.1) is 13.2 Å². The third-order valence-electron chi connectivity index (χ3n) is 3.42. The van der Waals surface area contributed by atoms with Crippen LogP contribution in [0.3, 0.4) is 0 Å². The van der Waals surface area contributed by atoms with Crippen LogP contribution in [0.25, 0.3) is 0 Å². The number of aryl methyl sites for hydroxylation is 2. The number of methoxy groups -OCH3 is 1. The lowest BCUT2D eigenvalue weighted by Crippen LogP contribution is -2.13. The van der Waals surface area contributed by atoms with E-state index in [4.69, 9.17) is 10.5 Å². The second-order valence-electron chi connectivity index (χ2n) is 4.71. The highest BCUT2D eigenvalue weighted by Crippen LogP contribution is 2.29. The Labute approximate surface area is 113 Å². The number of halogens is 1. The molecule has 3 heteroatoms.